The van der Waals surface area contributed by atoms with Gasteiger partial charge >= 0.3 is 5.97 Å². The lowest BCUT2D eigenvalue weighted by Crippen LogP contribution is -2.28. The summed E-state index contributed by atoms with van der Waals surface area (Å²) in [6.45, 7) is 2.55. The fourth-order valence-corrected chi connectivity index (χ4v) is 2.46. The molecule has 6 nitrogen and oxygen atoms in total. The van der Waals surface area contributed by atoms with Crippen molar-refractivity contribution < 1.29 is 23.8 Å². The Balaban J connectivity index is 1.69. The van der Waals surface area contributed by atoms with Crippen molar-refractivity contribution in [1.82, 2.24) is 5.32 Å². The minimum absolute atomic E-state index is 0.190. The molecule has 2 rings (SSSR count). The second kappa shape index (κ2) is 10.9. The third-order valence-electron chi connectivity index (χ3n) is 3.88. The van der Waals surface area contributed by atoms with Gasteiger partial charge in [0.15, 0.2) is 6.61 Å². The van der Waals surface area contributed by atoms with Gasteiger partial charge in [0.05, 0.1) is 13.7 Å². The highest BCUT2D eigenvalue weighted by Crippen LogP contribution is 2.19. The molecule has 2 aromatic rings. The van der Waals surface area contributed by atoms with E-state index in [0.29, 0.717) is 19.6 Å². The highest BCUT2D eigenvalue weighted by molar-refractivity contribution is 5.80. The van der Waals surface area contributed by atoms with Crippen molar-refractivity contribution in [2.45, 2.75) is 26.3 Å². The quantitative estimate of drug-likeness (QED) is 0.650. The van der Waals surface area contributed by atoms with Gasteiger partial charge in [-0.25, -0.2) is 0 Å². The molecule has 0 unspecified atom stereocenters. The number of hydrogen-bond acceptors (Lipinski definition) is 5. The molecule has 0 saturated heterocycles. The molecule has 0 aliphatic carbocycles. The molecule has 0 saturated carbocycles. The van der Waals surface area contributed by atoms with Gasteiger partial charge in [-0.2, -0.15) is 0 Å². The van der Waals surface area contributed by atoms with Gasteiger partial charge in [0.25, 0.3) is 5.91 Å². The molecule has 1 amide bonds. The van der Waals surface area contributed by atoms with Gasteiger partial charge < -0.3 is 19.5 Å². The van der Waals surface area contributed by atoms with Gasteiger partial charge in [-0.05, 0) is 42.7 Å². The first kappa shape index (κ1) is 20.3. The number of carbonyl (C=O) groups excluding carboxylic acids is 2. The first-order valence-electron chi connectivity index (χ1n) is 8.88. The van der Waals surface area contributed by atoms with Crippen LogP contribution < -0.4 is 14.8 Å². The van der Waals surface area contributed by atoms with Crippen LogP contribution in [0.15, 0.2) is 48.5 Å². The summed E-state index contributed by atoms with van der Waals surface area (Å²) in [6.07, 6.45) is 0.693. The van der Waals surface area contributed by atoms with Gasteiger partial charge in [0.1, 0.15) is 11.5 Å². The summed E-state index contributed by atoms with van der Waals surface area (Å²) in [6, 6.07) is 14.9. The van der Waals surface area contributed by atoms with Gasteiger partial charge in [0, 0.05) is 13.0 Å². The summed E-state index contributed by atoms with van der Waals surface area (Å²) in [5, 5.41) is 2.71. The highest BCUT2D eigenvalue weighted by atomic mass is 16.5. The zero-order valence-corrected chi connectivity index (χ0v) is 15.7. The van der Waals surface area contributed by atoms with E-state index in [-0.39, 0.29) is 18.9 Å². The zero-order chi connectivity index (χ0) is 19.5. The predicted octanol–water partition coefficient (Wildman–Crippen LogP) is 2.89. The molecule has 1 N–H and O–H groups in total. The molecule has 0 radical (unpaired) electrons. The monoisotopic (exact) mass is 371 g/mol. The van der Waals surface area contributed by atoms with Crippen LogP contribution >= 0.6 is 0 Å². The number of amides is 1. The lowest BCUT2D eigenvalue weighted by molar-refractivity contribution is -0.148. The second-order valence-electron chi connectivity index (χ2n) is 5.83. The summed E-state index contributed by atoms with van der Waals surface area (Å²) in [4.78, 5) is 23.7. The molecule has 144 valence electrons. The van der Waals surface area contributed by atoms with E-state index in [9.17, 15) is 9.59 Å². The van der Waals surface area contributed by atoms with Crippen LogP contribution in [0.5, 0.6) is 11.5 Å². The fourth-order valence-electron chi connectivity index (χ4n) is 2.46. The van der Waals surface area contributed by atoms with Crippen LogP contribution in [0.3, 0.4) is 0 Å². The fraction of sp³-hybridized carbons (Fsp3) is 0.333. The van der Waals surface area contributed by atoms with Gasteiger partial charge in [0.2, 0.25) is 0 Å². The summed E-state index contributed by atoms with van der Waals surface area (Å²) in [7, 11) is 1.60. The summed E-state index contributed by atoms with van der Waals surface area (Å²) in [5.74, 6) is 0.768. The molecule has 0 atom stereocenters. The average molecular weight is 371 g/mol. The largest absolute Gasteiger partial charge is 0.497 e. The maximum atomic E-state index is 11.9. The third-order valence-corrected chi connectivity index (χ3v) is 3.88. The van der Waals surface area contributed by atoms with Crippen molar-refractivity contribution in [1.29, 1.82) is 0 Å². The Bertz CT molecular complexity index is 742. The van der Waals surface area contributed by atoms with E-state index in [4.69, 9.17) is 14.2 Å². The van der Waals surface area contributed by atoms with Gasteiger partial charge in [-0.15, -0.1) is 0 Å². The summed E-state index contributed by atoms with van der Waals surface area (Å²) in [5.41, 5.74) is 1.88. The lowest BCUT2D eigenvalue weighted by Gasteiger charge is -2.10. The second-order valence-corrected chi connectivity index (χ2v) is 5.83. The van der Waals surface area contributed by atoms with Crippen LogP contribution in [0.2, 0.25) is 0 Å². The first-order valence-corrected chi connectivity index (χ1v) is 8.88. The molecule has 0 heterocycles. The first-order chi connectivity index (χ1) is 13.1. The molecular weight excluding hydrogens is 346 g/mol. The SMILES string of the molecule is CCOc1ccccc1CCC(=O)OCC(=O)NCc1ccc(OC)cc1. The minimum atomic E-state index is -0.416. The Hall–Kier alpha value is -3.02. The van der Waals surface area contributed by atoms with Crippen LogP contribution in [0.4, 0.5) is 0 Å². The van der Waals surface area contributed by atoms with Crippen molar-refractivity contribution in [2.24, 2.45) is 0 Å². The molecule has 0 fully saturated rings. The molecule has 0 aliphatic rings. The van der Waals surface area contributed by atoms with E-state index in [1.807, 2.05) is 55.5 Å². The number of methoxy groups -OCH3 is 1. The minimum Gasteiger partial charge on any atom is -0.497 e. The topological polar surface area (TPSA) is 73.9 Å². The number of esters is 1. The molecule has 6 heteroatoms. The maximum Gasteiger partial charge on any atom is 0.306 e. The van der Waals surface area contributed by atoms with E-state index in [1.165, 1.54) is 0 Å². The van der Waals surface area contributed by atoms with Crippen LogP contribution in [0.25, 0.3) is 0 Å². The van der Waals surface area contributed by atoms with Crippen LogP contribution in [0, 0.1) is 0 Å². The van der Waals surface area contributed by atoms with Crippen molar-refractivity contribution in [3.05, 3.63) is 59.7 Å². The van der Waals surface area contributed by atoms with Crippen molar-refractivity contribution in [3.8, 4) is 11.5 Å². The number of carbonyl (C=O) groups is 2. The van der Waals surface area contributed by atoms with E-state index in [0.717, 1.165) is 22.6 Å². The normalized spacial score (nSPS) is 10.1. The summed E-state index contributed by atoms with van der Waals surface area (Å²) >= 11 is 0. The molecule has 0 bridgehead atoms. The van der Waals surface area contributed by atoms with Crippen molar-refractivity contribution in [2.75, 3.05) is 20.3 Å². The van der Waals surface area contributed by atoms with Crippen LogP contribution in [0.1, 0.15) is 24.5 Å². The molecular formula is C21H25NO5. The van der Waals surface area contributed by atoms with Gasteiger partial charge in [-0.1, -0.05) is 30.3 Å². The molecule has 2 aromatic carbocycles. The number of para-hydroxylation sites is 1. The van der Waals surface area contributed by atoms with Crippen molar-refractivity contribution >= 4 is 11.9 Å². The molecule has 27 heavy (non-hydrogen) atoms. The number of aryl methyl sites for hydroxylation is 1. The molecule has 0 aromatic heterocycles. The number of benzene rings is 2. The molecule has 0 spiro atoms. The number of hydrogen-bond donors (Lipinski definition) is 1. The highest BCUT2D eigenvalue weighted by Gasteiger charge is 2.10. The Kier molecular flexibility index (Phi) is 8.16. The van der Waals surface area contributed by atoms with E-state index < -0.39 is 5.97 Å². The number of ether oxygens (including phenoxy) is 3. The average Bonchev–Trinajstić information content (AvgIpc) is 2.70. The van der Waals surface area contributed by atoms with Crippen LogP contribution in [-0.4, -0.2) is 32.2 Å². The maximum absolute atomic E-state index is 11.9. The van der Waals surface area contributed by atoms with Crippen LogP contribution in [-0.2, 0) is 27.3 Å². The Morgan fingerprint density at radius 2 is 1.78 bits per heavy atom. The van der Waals surface area contributed by atoms with Crippen molar-refractivity contribution in [3.63, 3.8) is 0 Å². The van der Waals surface area contributed by atoms with E-state index in [1.54, 1.807) is 7.11 Å². The Labute approximate surface area is 159 Å². The lowest BCUT2D eigenvalue weighted by atomic mass is 10.1. The Morgan fingerprint density at radius 3 is 2.48 bits per heavy atom. The zero-order valence-electron chi connectivity index (χ0n) is 15.7. The smallest absolute Gasteiger partial charge is 0.306 e. The third kappa shape index (κ3) is 7.01. The molecule has 0 aliphatic heterocycles. The van der Waals surface area contributed by atoms with E-state index in [2.05, 4.69) is 5.32 Å². The van der Waals surface area contributed by atoms with Gasteiger partial charge in [-0.3, -0.25) is 9.59 Å². The standard InChI is InChI=1S/C21H25NO5/c1-3-26-19-7-5-4-6-17(19)10-13-21(24)27-15-20(23)22-14-16-8-11-18(25-2)12-9-16/h4-9,11-12H,3,10,13-15H2,1-2H3,(H,22,23). The summed E-state index contributed by atoms with van der Waals surface area (Å²) < 4.78 is 15.7. The number of nitrogens with one attached hydrogen (secondary N) is 1. The Morgan fingerprint density at radius 1 is 1.04 bits per heavy atom. The number of rotatable bonds is 10. The van der Waals surface area contributed by atoms with E-state index >= 15 is 0 Å². The predicted molar refractivity (Wildman–Crippen MR) is 102 cm³/mol.